The molecule has 0 radical (unpaired) electrons. The highest BCUT2D eigenvalue weighted by atomic mass is 35.5. The smallest absolute Gasteiger partial charge is 0.147 e. The second-order valence-corrected chi connectivity index (χ2v) is 5.02. The Morgan fingerprint density at radius 1 is 1.26 bits per heavy atom. The van der Waals surface area contributed by atoms with Crippen LogP contribution < -0.4 is 10.6 Å². The van der Waals surface area contributed by atoms with Gasteiger partial charge in [0.05, 0.1) is 10.0 Å². The predicted molar refractivity (Wildman–Crippen MR) is 81.8 cm³/mol. The Morgan fingerprint density at radius 2 is 2.00 bits per heavy atom. The molecule has 0 unspecified atom stereocenters. The zero-order chi connectivity index (χ0) is 13.8. The summed E-state index contributed by atoms with van der Waals surface area (Å²) in [5.41, 5.74) is 7.79. The number of hydrogen-bond acceptors (Lipinski definition) is 3. The van der Waals surface area contributed by atoms with Gasteiger partial charge in [0, 0.05) is 25.0 Å². The number of aromatic nitrogens is 1. The minimum atomic E-state index is 0.532. The number of benzene rings is 1. The molecule has 2 N–H and O–H groups in total. The standard InChI is InChI=1S/C14H15Cl2N3/c1-2-19(9-10-5-3-4-6-13(10)17)14-12(16)7-11(15)8-18-14/h3-8H,2,9,17H2,1H3. The number of halogens is 2. The van der Waals surface area contributed by atoms with Crippen LogP contribution in [-0.4, -0.2) is 11.5 Å². The van der Waals surface area contributed by atoms with Gasteiger partial charge < -0.3 is 10.6 Å². The largest absolute Gasteiger partial charge is 0.398 e. The Balaban J connectivity index is 2.28. The first-order valence-corrected chi connectivity index (χ1v) is 6.76. The molecule has 0 fully saturated rings. The van der Waals surface area contributed by atoms with Crippen molar-refractivity contribution in [3.05, 3.63) is 52.1 Å². The summed E-state index contributed by atoms with van der Waals surface area (Å²) in [6.07, 6.45) is 1.60. The van der Waals surface area contributed by atoms with E-state index in [9.17, 15) is 0 Å². The number of anilines is 2. The fraction of sp³-hybridized carbons (Fsp3) is 0.214. The maximum Gasteiger partial charge on any atom is 0.147 e. The van der Waals surface area contributed by atoms with Crippen LogP contribution in [0.5, 0.6) is 0 Å². The molecule has 2 rings (SSSR count). The zero-order valence-electron chi connectivity index (χ0n) is 10.6. The van der Waals surface area contributed by atoms with Gasteiger partial charge in [0.1, 0.15) is 5.82 Å². The number of nitrogen functional groups attached to an aromatic ring is 1. The van der Waals surface area contributed by atoms with E-state index < -0.39 is 0 Å². The summed E-state index contributed by atoms with van der Waals surface area (Å²) in [6.45, 7) is 3.49. The van der Waals surface area contributed by atoms with E-state index in [0.717, 1.165) is 23.6 Å². The lowest BCUT2D eigenvalue weighted by Gasteiger charge is -2.23. The topological polar surface area (TPSA) is 42.1 Å². The molecule has 0 amide bonds. The van der Waals surface area contributed by atoms with E-state index >= 15 is 0 Å². The van der Waals surface area contributed by atoms with Crippen molar-refractivity contribution in [2.24, 2.45) is 0 Å². The van der Waals surface area contributed by atoms with Gasteiger partial charge in [0.2, 0.25) is 0 Å². The summed E-state index contributed by atoms with van der Waals surface area (Å²) < 4.78 is 0. The average Bonchev–Trinajstić information content (AvgIpc) is 2.39. The van der Waals surface area contributed by atoms with Gasteiger partial charge >= 0.3 is 0 Å². The van der Waals surface area contributed by atoms with E-state index in [1.54, 1.807) is 12.3 Å². The lowest BCUT2D eigenvalue weighted by atomic mass is 10.1. The maximum absolute atomic E-state index is 6.19. The minimum absolute atomic E-state index is 0.532. The molecule has 0 atom stereocenters. The summed E-state index contributed by atoms with van der Waals surface area (Å²) in [5.74, 6) is 0.719. The molecule has 5 heteroatoms. The van der Waals surface area contributed by atoms with Crippen LogP contribution in [-0.2, 0) is 6.54 Å². The Bertz CT molecular complexity index is 572. The molecule has 0 aliphatic carbocycles. The van der Waals surface area contributed by atoms with Gasteiger partial charge in [-0.15, -0.1) is 0 Å². The Labute approximate surface area is 123 Å². The van der Waals surface area contributed by atoms with Crippen LogP contribution in [0.3, 0.4) is 0 Å². The van der Waals surface area contributed by atoms with Crippen molar-refractivity contribution >= 4 is 34.7 Å². The van der Waals surface area contributed by atoms with Crippen molar-refractivity contribution in [3.63, 3.8) is 0 Å². The number of nitrogens with two attached hydrogens (primary N) is 1. The number of hydrogen-bond donors (Lipinski definition) is 1. The Kier molecular flexibility index (Phi) is 4.51. The van der Waals surface area contributed by atoms with Gasteiger partial charge in [-0.25, -0.2) is 4.98 Å². The van der Waals surface area contributed by atoms with E-state index in [2.05, 4.69) is 9.88 Å². The first kappa shape index (κ1) is 14.0. The first-order valence-electron chi connectivity index (χ1n) is 6.01. The molecule has 0 aliphatic heterocycles. The van der Waals surface area contributed by atoms with Gasteiger partial charge in [-0.2, -0.15) is 0 Å². The van der Waals surface area contributed by atoms with Crippen molar-refractivity contribution in [2.75, 3.05) is 17.2 Å². The van der Waals surface area contributed by atoms with Gasteiger partial charge in [-0.05, 0) is 24.6 Å². The first-order chi connectivity index (χ1) is 9.11. The molecule has 2 aromatic rings. The summed E-state index contributed by atoms with van der Waals surface area (Å²) in [5, 5.41) is 1.08. The highest BCUT2D eigenvalue weighted by Gasteiger charge is 2.12. The lowest BCUT2D eigenvalue weighted by Crippen LogP contribution is -2.24. The molecule has 100 valence electrons. The van der Waals surface area contributed by atoms with Crippen molar-refractivity contribution < 1.29 is 0 Å². The maximum atomic E-state index is 6.19. The third-order valence-corrected chi connectivity index (χ3v) is 3.37. The van der Waals surface area contributed by atoms with Crippen molar-refractivity contribution in [1.82, 2.24) is 4.98 Å². The van der Waals surface area contributed by atoms with Gasteiger partial charge in [0.15, 0.2) is 0 Å². The van der Waals surface area contributed by atoms with Gasteiger partial charge in [-0.1, -0.05) is 41.4 Å². The summed E-state index contributed by atoms with van der Waals surface area (Å²) in [4.78, 5) is 6.36. The number of pyridine rings is 1. The van der Waals surface area contributed by atoms with Crippen LogP contribution in [0.25, 0.3) is 0 Å². The average molecular weight is 296 g/mol. The number of nitrogens with zero attached hydrogens (tertiary/aromatic N) is 2. The van der Waals surface area contributed by atoms with Gasteiger partial charge in [0.25, 0.3) is 0 Å². The van der Waals surface area contributed by atoms with Crippen LogP contribution in [0.15, 0.2) is 36.5 Å². The highest BCUT2D eigenvalue weighted by Crippen LogP contribution is 2.27. The van der Waals surface area contributed by atoms with Crippen molar-refractivity contribution in [2.45, 2.75) is 13.5 Å². The second kappa shape index (κ2) is 6.13. The summed E-state index contributed by atoms with van der Waals surface area (Å²) in [7, 11) is 0. The van der Waals surface area contributed by atoms with Crippen molar-refractivity contribution in [3.8, 4) is 0 Å². The van der Waals surface area contributed by atoms with Crippen LogP contribution >= 0.6 is 23.2 Å². The second-order valence-electron chi connectivity index (χ2n) is 4.17. The van der Waals surface area contributed by atoms with Crippen LogP contribution in [0.1, 0.15) is 12.5 Å². The molecular formula is C14H15Cl2N3. The van der Waals surface area contributed by atoms with E-state index in [1.807, 2.05) is 31.2 Å². The third-order valence-electron chi connectivity index (χ3n) is 2.89. The highest BCUT2D eigenvalue weighted by molar-refractivity contribution is 6.36. The third kappa shape index (κ3) is 3.31. The molecule has 0 saturated heterocycles. The quantitative estimate of drug-likeness (QED) is 0.867. The molecule has 3 nitrogen and oxygen atoms in total. The molecule has 0 aliphatic rings. The van der Waals surface area contributed by atoms with Crippen LogP contribution in [0.2, 0.25) is 10.0 Å². The summed E-state index contributed by atoms with van der Waals surface area (Å²) in [6, 6.07) is 9.48. The van der Waals surface area contributed by atoms with E-state index in [4.69, 9.17) is 28.9 Å². The number of para-hydroxylation sites is 1. The Morgan fingerprint density at radius 3 is 2.63 bits per heavy atom. The van der Waals surface area contributed by atoms with Crippen LogP contribution in [0.4, 0.5) is 11.5 Å². The predicted octanol–water partition coefficient (Wildman–Crippen LogP) is 4.00. The van der Waals surface area contributed by atoms with Gasteiger partial charge in [-0.3, -0.25) is 0 Å². The molecule has 1 aromatic carbocycles. The normalized spacial score (nSPS) is 10.5. The lowest BCUT2D eigenvalue weighted by molar-refractivity contribution is 0.815. The van der Waals surface area contributed by atoms with Crippen molar-refractivity contribution in [1.29, 1.82) is 0 Å². The fourth-order valence-corrected chi connectivity index (χ4v) is 2.36. The summed E-state index contributed by atoms with van der Waals surface area (Å²) >= 11 is 12.1. The fourth-order valence-electron chi connectivity index (χ4n) is 1.86. The zero-order valence-corrected chi connectivity index (χ0v) is 12.1. The molecule has 19 heavy (non-hydrogen) atoms. The number of rotatable bonds is 4. The molecular weight excluding hydrogens is 281 g/mol. The van der Waals surface area contributed by atoms with E-state index in [1.165, 1.54) is 0 Å². The molecule has 1 heterocycles. The molecule has 0 saturated carbocycles. The van der Waals surface area contributed by atoms with E-state index in [-0.39, 0.29) is 0 Å². The molecule has 0 bridgehead atoms. The van der Waals surface area contributed by atoms with Crippen LogP contribution in [0, 0.1) is 0 Å². The van der Waals surface area contributed by atoms with E-state index in [0.29, 0.717) is 16.6 Å². The Hall–Kier alpha value is -1.45. The monoisotopic (exact) mass is 295 g/mol. The molecule has 1 aromatic heterocycles. The minimum Gasteiger partial charge on any atom is -0.398 e. The SMILES string of the molecule is CCN(Cc1ccccc1N)c1ncc(Cl)cc1Cl. The molecule has 0 spiro atoms.